The van der Waals surface area contributed by atoms with Crippen LogP contribution in [0, 0.1) is 0 Å². The summed E-state index contributed by atoms with van der Waals surface area (Å²) >= 11 is 0. The van der Waals surface area contributed by atoms with Gasteiger partial charge < -0.3 is 5.43 Å². The highest BCUT2D eigenvalue weighted by atomic mass is 15.3. The smallest absolute Gasteiger partial charge is 0.144 e. The molecule has 0 aromatic carbocycles. The van der Waals surface area contributed by atoms with Gasteiger partial charge >= 0.3 is 0 Å². The van der Waals surface area contributed by atoms with E-state index < -0.39 is 0 Å². The molecule has 0 atom stereocenters. The fraction of sp³-hybridized carbons (Fsp3) is 0.545. The molecule has 0 saturated heterocycles. The van der Waals surface area contributed by atoms with Crippen molar-refractivity contribution in [1.82, 2.24) is 9.88 Å². The van der Waals surface area contributed by atoms with Crippen molar-refractivity contribution in [3.8, 4) is 0 Å². The number of hydrogen-bond donors (Lipinski definition) is 2. The minimum atomic E-state index is 0.746. The van der Waals surface area contributed by atoms with E-state index in [1.54, 1.807) is 6.20 Å². The largest absolute Gasteiger partial charge is 0.308 e. The summed E-state index contributed by atoms with van der Waals surface area (Å²) in [7, 11) is 2.16. The first kappa shape index (κ1) is 10.4. The molecule has 15 heavy (non-hydrogen) atoms. The molecule has 0 amide bonds. The Bertz CT molecular complexity index is 322. The van der Waals surface area contributed by atoms with Gasteiger partial charge in [-0.3, -0.25) is 4.90 Å². The predicted molar refractivity (Wildman–Crippen MR) is 61.2 cm³/mol. The lowest BCUT2D eigenvalue weighted by atomic mass is 9.91. The van der Waals surface area contributed by atoms with E-state index in [1.165, 1.54) is 19.3 Å². The van der Waals surface area contributed by atoms with Crippen LogP contribution < -0.4 is 11.3 Å². The summed E-state index contributed by atoms with van der Waals surface area (Å²) in [5.41, 5.74) is 3.80. The van der Waals surface area contributed by atoms with Gasteiger partial charge in [0.1, 0.15) is 5.82 Å². The van der Waals surface area contributed by atoms with E-state index in [-0.39, 0.29) is 0 Å². The normalized spacial score (nSPS) is 16.5. The van der Waals surface area contributed by atoms with Crippen LogP contribution in [0.2, 0.25) is 0 Å². The molecule has 1 aromatic heterocycles. The van der Waals surface area contributed by atoms with Crippen LogP contribution in [0.1, 0.15) is 24.8 Å². The molecule has 1 heterocycles. The fourth-order valence-electron chi connectivity index (χ4n) is 1.92. The highest BCUT2D eigenvalue weighted by Gasteiger charge is 2.22. The Labute approximate surface area is 90.5 Å². The third-order valence-electron chi connectivity index (χ3n) is 3.15. The van der Waals surface area contributed by atoms with E-state index in [1.807, 2.05) is 6.07 Å². The molecule has 82 valence electrons. The van der Waals surface area contributed by atoms with Gasteiger partial charge in [-0.2, -0.15) is 0 Å². The standard InChI is InChI=1S/C11H18N4/c1-15(10-5-2-6-10)8-9-4-3-7-13-11(9)14-12/h3-4,7,10H,2,5-6,8,12H2,1H3,(H,13,14). The maximum Gasteiger partial charge on any atom is 0.144 e. The molecule has 0 bridgehead atoms. The Morgan fingerprint density at radius 3 is 3.00 bits per heavy atom. The predicted octanol–water partition coefficient (Wildman–Crippen LogP) is 1.35. The van der Waals surface area contributed by atoms with Crippen LogP contribution in [0.3, 0.4) is 0 Å². The van der Waals surface area contributed by atoms with Gasteiger partial charge in [0.25, 0.3) is 0 Å². The first-order valence-electron chi connectivity index (χ1n) is 5.42. The molecule has 2 rings (SSSR count). The van der Waals surface area contributed by atoms with E-state index in [0.29, 0.717) is 0 Å². The van der Waals surface area contributed by atoms with Crippen molar-refractivity contribution in [2.45, 2.75) is 31.8 Å². The quantitative estimate of drug-likeness (QED) is 0.577. The summed E-state index contributed by atoms with van der Waals surface area (Å²) in [5.74, 6) is 6.20. The summed E-state index contributed by atoms with van der Waals surface area (Å²) in [6.07, 6.45) is 5.76. The number of anilines is 1. The van der Waals surface area contributed by atoms with Crippen molar-refractivity contribution < 1.29 is 0 Å². The molecule has 3 N–H and O–H groups in total. The van der Waals surface area contributed by atoms with Crippen molar-refractivity contribution in [1.29, 1.82) is 0 Å². The Morgan fingerprint density at radius 1 is 1.60 bits per heavy atom. The van der Waals surface area contributed by atoms with Crippen LogP contribution in [-0.2, 0) is 6.54 Å². The number of nitrogens with zero attached hydrogens (tertiary/aromatic N) is 2. The van der Waals surface area contributed by atoms with Gasteiger partial charge in [0.2, 0.25) is 0 Å². The Kier molecular flexibility index (Phi) is 3.18. The minimum absolute atomic E-state index is 0.746. The second kappa shape index (κ2) is 4.59. The van der Waals surface area contributed by atoms with Gasteiger partial charge in [0.15, 0.2) is 0 Å². The number of pyridine rings is 1. The third kappa shape index (κ3) is 2.27. The summed E-state index contributed by atoms with van der Waals surface area (Å²) < 4.78 is 0. The highest BCUT2D eigenvalue weighted by molar-refractivity contribution is 5.42. The SMILES string of the molecule is CN(Cc1cccnc1NN)C1CCC1. The lowest BCUT2D eigenvalue weighted by Gasteiger charge is -2.34. The van der Waals surface area contributed by atoms with Crippen LogP contribution in [0.25, 0.3) is 0 Å². The molecule has 1 saturated carbocycles. The van der Waals surface area contributed by atoms with Crippen LogP contribution in [-0.4, -0.2) is 23.0 Å². The van der Waals surface area contributed by atoms with Crippen molar-refractivity contribution in [2.24, 2.45) is 5.84 Å². The maximum absolute atomic E-state index is 5.42. The fourth-order valence-corrected chi connectivity index (χ4v) is 1.92. The average Bonchev–Trinajstić information content (AvgIpc) is 2.15. The van der Waals surface area contributed by atoms with Gasteiger partial charge in [0.05, 0.1) is 0 Å². The highest BCUT2D eigenvalue weighted by Crippen LogP contribution is 2.25. The molecular formula is C11H18N4. The zero-order valence-electron chi connectivity index (χ0n) is 9.11. The first-order valence-corrected chi connectivity index (χ1v) is 5.42. The Balaban J connectivity index is 2.02. The zero-order chi connectivity index (χ0) is 10.7. The minimum Gasteiger partial charge on any atom is -0.308 e. The van der Waals surface area contributed by atoms with E-state index >= 15 is 0 Å². The van der Waals surface area contributed by atoms with Gasteiger partial charge in [-0.1, -0.05) is 12.5 Å². The molecule has 1 aliphatic rings. The van der Waals surface area contributed by atoms with Crippen LogP contribution >= 0.6 is 0 Å². The Morgan fingerprint density at radius 2 is 2.40 bits per heavy atom. The summed E-state index contributed by atoms with van der Waals surface area (Å²) in [4.78, 5) is 6.57. The second-order valence-electron chi connectivity index (χ2n) is 4.16. The van der Waals surface area contributed by atoms with Crippen molar-refractivity contribution in [3.05, 3.63) is 23.9 Å². The molecule has 0 spiro atoms. The van der Waals surface area contributed by atoms with Crippen LogP contribution in [0.4, 0.5) is 5.82 Å². The lowest BCUT2D eigenvalue weighted by Crippen LogP contribution is -2.36. The lowest BCUT2D eigenvalue weighted by molar-refractivity contribution is 0.153. The monoisotopic (exact) mass is 206 g/mol. The van der Waals surface area contributed by atoms with Gasteiger partial charge in [-0.25, -0.2) is 10.8 Å². The molecule has 0 unspecified atom stereocenters. The Hall–Kier alpha value is -1.13. The van der Waals surface area contributed by atoms with Crippen LogP contribution in [0.5, 0.6) is 0 Å². The number of aromatic nitrogens is 1. The molecule has 0 radical (unpaired) electrons. The van der Waals surface area contributed by atoms with E-state index in [4.69, 9.17) is 5.84 Å². The number of nitrogen functional groups attached to an aromatic ring is 1. The first-order chi connectivity index (χ1) is 7.31. The zero-order valence-corrected chi connectivity index (χ0v) is 9.11. The maximum atomic E-state index is 5.42. The van der Waals surface area contributed by atoms with E-state index in [2.05, 4.69) is 28.4 Å². The van der Waals surface area contributed by atoms with Crippen LogP contribution in [0.15, 0.2) is 18.3 Å². The van der Waals surface area contributed by atoms with E-state index in [9.17, 15) is 0 Å². The van der Waals surface area contributed by atoms with Gasteiger partial charge in [-0.15, -0.1) is 0 Å². The molecule has 1 aromatic rings. The number of hydrogen-bond acceptors (Lipinski definition) is 4. The molecule has 1 fully saturated rings. The summed E-state index contributed by atoms with van der Waals surface area (Å²) in [5, 5.41) is 0. The molecule has 1 aliphatic carbocycles. The van der Waals surface area contributed by atoms with Crippen molar-refractivity contribution >= 4 is 5.82 Å². The molecule has 0 aliphatic heterocycles. The topological polar surface area (TPSA) is 54.2 Å². The number of nitrogens with two attached hydrogens (primary N) is 1. The number of rotatable bonds is 4. The number of nitrogens with one attached hydrogen (secondary N) is 1. The second-order valence-corrected chi connectivity index (χ2v) is 4.16. The molecule has 4 heteroatoms. The summed E-state index contributed by atoms with van der Waals surface area (Å²) in [6.45, 7) is 0.915. The average molecular weight is 206 g/mol. The van der Waals surface area contributed by atoms with Gasteiger partial charge in [0, 0.05) is 24.3 Å². The number of hydrazine groups is 1. The molecular weight excluding hydrogens is 188 g/mol. The van der Waals surface area contributed by atoms with Crippen molar-refractivity contribution in [3.63, 3.8) is 0 Å². The third-order valence-corrected chi connectivity index (χ3v) is 3.15. The van der Waals surface area contributed by atoms with Gasteiger partial charge in [-0.05, 0) is 26.0 Å². The molecule has 4 nitrogen and oxygen atoms in total. The summed E-state index contributed by atoms with van der Waals surface area (Å²) in [6, 6.07) is 4.76. The van der Waals surface area contributed by atoms with E-state index in [0.717, 1.165) is 24.0 Å². The van der Waals surface area contributed by atoms with Crippen molar-refractivity contribution in [2.75, 3.05) is 12.5 Å².